The van der Waals surface area contributed by atoms with Crippen molar-refractivity contribution in [1.29, 1.82) is 0 Å². The quantitative estimate of drug-likeness (QED) is 0.0714. The minimum Gasteiger partial charge on any atom is -0.625 e. The van der Waals surface area contributed by atoms with Crippen LogP contribution in [0.15, 0.2) is 12.2 Å². The molecule has 0 spiro atoms. The van der Waals surface area contributed by atoms with E-state index in [1.807, 2.05) is 0 Å². The molecule has 1 atom stereocenters. The Labute approximate surface area is 203 Å². The number of ether oxygens (including phenoxy) is 1. The molecule has 5 heteroatoms. The minimum absolute atomic E-state index is 0.139. The molecule has 0 bridgehead atoms. The van der Waals surface area contributed by atoms with Gasteiger partial charge in [0.1, 0.15) is 6.54 Å². The lowest BCUT2D eigenvalue weighted by atomic mass is 10.0. The summed E-state index contributed by atoms with van der Waals surface area (Å²) in [5.74, 6) is 0.363. The van der Waals surface area contributed by atoms with Crippen molar-refractivity contribution in [2.45, 2.75) is 129 Å². The number of hydrogen-bond donors (Lipinski definition) is 0. The van der Waals surface area contributed by atoms with Gasteiger partial charge in [-0.2, -0.15) is 0 Å². The molecule has 5 nitrogen and oxygen atoms in total. The van der Waals surface area contributed by atoms with Crippen molar-refractivity contribution >= 4 is 11.9 Å². The highest BCUT2D eigenvalue weighted by Crippen LogP contribution is 2.16. The van der Waals surface area contributed by atoms with Gasteiger partial charge in [0.2, 0.25) is 0 Å². The van der Waals surface area contributed by atoms with Crippen LogP contribution in [0.25, 0.3) is 0 Å². The Bertz CT molecular complexity index is 546. The summed E-state index contributed by atoms with van der Waals surface area (Å²) in [6.07, 6.45) is 24.1. The molecule has 0 N–H and O–H groups in total. The van der Waals surface area contributed by atoms with Gasteiger partial charge in [0.05, 0.1) is 13.2 Å². The van der Waals surface area contributed by atoms with E-state index in [1.165, 1.54) is 83.1 Å². The first-order valence-corrected chi connectivity index (χ1v) is 13.9. The Balaban J connectivity index is 1.76. The van der Waals surface area contributed by atoms with Gasteiger partial charge in [-0.05, 0) is 37.7 Å². The maximum atomic E-state index is 12.1. The van der Waals surface area contributed by atoms with E-state index in [4.69, 9.17) is 4.74 Å². The average molecular weight is 466 g/mol. The normalized spacial score (nSPS) is 17.9. The van der Waals surface area contributed by atoms with Gasteiger partial charge < -0.3 is 9.94 Å². The first-order valence-electron chi connectivity index (χ1n) is 13.9. The minimum atomic E-state index is -0.761. The summed E-state index contributed by atoms with van der Waals surface area (Å²) >= 11 is 0. The first kappa shape index (κ1) is 29.8. The third-order valence-electron chi connectivity index (χ3n) is 6.65. The van der Waals surface area contributed by atoms with E-state index in [9.17, 15) is 14.8 Å². The molecular weight excluding hydrogens is 414 g/mol. The van der Waals surface area contributed by atoms with E-state index in [0.29, 0.717) is 26.0 Å². The van der Waals surface area contributed by atoms with Crippen LogP contribution in [0.3, 0.4) is 0 Å². The van der Waals surface area contributed by atoms with Crippen LogP contribution < -0.4 is 0 Å². The predicted octanol–water partition coefficient (Wildman–Crippen LogP) is 7.62. The molecule has 1 amide bonds. The number of rotatable bonds is 22. The molecular formula is C28H51NO4. The van der Waals surface area contributed by atoms with Crippen LogP contribution in [0, 0.1) is 11.1 Å². The number of nitrogens with zero attached hydrogens (tertiary/aromatic N) is 1. The lowest BCUT2D eigenvalue weighted by Crippen LogP contribution is -2.44. The van der Waals surface area contributed by atoms with Gasteiger partial charge in [-0.15, -0.1) is 0 Å². The largest absolute Gasteiger partial charge is 0.625 e. The number of hydroxylamine groups is 3. The summed E-state index contributed by atoms with van der Waals surface area (Å²) < 4.78 is 4.55. The predicted molar refractivity (Wildman–Crippen MR) is 136 cm³/mol. The fourth-order valence-corrected chi connectivity index (χ4v) is 4.42. The third kappa shape index (κ3) is 16.1. The van der Waals surface area contributed by atoms with E-state index >= 15 is 0 Å². The number of quaternary nitrogens is 1. The number of carbonyl (C=O) groups is 2. The first-order chi connectivity index (χ1) is 15.9. The molecule has 0 aromatic heterocycles. The zero-order valence-corrected chi connectivity index (χ0v) is 21.7. The zero-order chi connectivity index (χ0) is 24.2. The van der Waals surface area contributed by atoms with Gasteiger partial charge in [0.25, 0.3) is 0 Å². The SMILES string of the molecule is CC(C)CCCCCCCCCCCCCCCOC(=O)CCCCC[N+]1([O-])CC=CC1=O. The Morgan fingerprint density at radius 1 is 0.848 bits per heavy atom. The molecule has 0 fully saturated rings. The highest BCUT2D eigenvalue weighted by atomic mass is 16.6. The lowest BCUT2D eigenvalue weighted by molar-refractivity contribution is -0.792. The highest BCUT2D eigenvalue weighted by molar-refractivity contribution is 5.83. The molecule has 0 radical (unpaired) electrons. The van der Waals surface area contributed by atoms with Crippen molar-refractivity contribution in [3.05, 3.63) is 17.4 Å². The molecule has 1 heterocycles. The molecule has 1 unspecified atom stereocenters. The smallest absolute Gasteiger partial charge is 0.338 e. The summed E-state index contributed by atoms with van der Waals surface area (Å²) in [4.78, 5) is 23.3. The number of unbranched alkanes of at least 4 members (excludes halogenated alkanes) is 14. The van der Waals surface area contributed by atoms with E-state index in [1.54, 1.807) is 6.08 Å². The van der Waals surface area contributed by atoms with Gasteiger partial charge in [0, 0.05) is 12.5 Å². The van der Waals surface area contributed by atoms with Crippen LogP contribution in [0.5, 0.6) is 0 Å². The van der Waals surface area contributed by atoms with Crippen LogP contribution in [0.4, 0.5) is 0 Å². The molecule has 1 aliphatic rings. The average Bonchev–Trinajstić information content (AvgIpc) is 3.11. The van der Waals surface area contributed by atoms with Crippen molar-refractivity contribution in [3.63, 3.8) is 0 Å². The maximum absolute atomic E-state index is 12.1. The molecule has 0 saturated heterocycles. The van der Waals surface area contributed by atoms with E-state index in [2.05, 4.69) is 13.8 Å². The Morgan fingerprint density at radius 2 is 1.36 bits per heavy atom. The standard InChI is InChI=1S/C28H51NO4/c1-26(2)20-15-12-10-8-6-4-3-5-7-9-11-13-18-25-33-28(31)22-16-14-17-23-29(32)24-19-21-27(29)30/h19,21,26H,3-18,20,22-25H2,1-2H3. The second-order valence-corrected chi connectivity index (χ2v) is 10.3. The van der Waals surface area contributed by atoms with Crippen molar-refractivity contribution in [3.8, 4) is 0 Å². The molecule has 192 valence electrons. The van der Waals surface area contributed by atoms with Crippen molar-refractivity contribution in [1.82, 2.24) is 0 Å². The summed E-state index contributed by atoms with van der Waals surface area (Å²) in [5.41, 5.74) is 0. The van der Waals surface area contributed by atoms with Crippen LogP contribution in [-0.4, -0.2) is 36.2 Å². The molecule has 1 rings (SSSR count). The summed E-state index contributed by atoms with van der Waals surface area (Å²) in [6.45, 7) is 5.70. The van der Waals surface area contributed by atoms with Crippen LogP contribution in [0.2, 0.25) is 0 Å². The fraction of sp³-hybridized carbons (Fsp3) is 0.857. The summed E-state index contributed by atoms with van der Waals surface area (Å²) in [6, 6.07) is 0. The van der Waals surface area contributed by atoms with Crippen molar-refractivity contribution in [2.75, 3.05) is 19.7 Å². The van der Waals surface area contributed by atoms with Gasteiger partial charge >= 0.3 is 11.9 Å². The Kier molecular flexibility index (Phi) is 17.3. The van der Waals surface area contributed by atoms with Gasteiger partial charge in [-0.25, -0.2) is 4.79 Å². The molecule has 1 aliphatic heterocycles. The number of hydrogen-bond acceptors (Lipinski definition) is 4. The number of esters is 1. The van der Waals surface area contributed by atoms with Crippen molar-refractivity contribution < 1.29 is 19.0 Å². The van der Waals surface area contributed by atoms with Crippen LogP contribution in [0.1, 0.15) is 129 Å². The molecule has 0 saturated carbocycles. The van der Waals surface area contributed by atoms with Gasteiger partial charge in [-0.1, -0.05) is 97.3 Å². The van der Waals surface area contributed by atoms with Gasteiger partial charge in [0.15, 0.2) is 0 Å². The van der Waals surface area contributed by atoms with Crippen LogP contribution in [-0.2, 0) is 14.3 Å². The third-order valence-corrected chi connectivity index (χ3v) is 6.65. The topological polar surface area (TPSA) is 66.4 Å². The van der Waals surface area contributed by atoms with E-state index in [-0.39, 0.29) is 18.4 Å². The van der Waals surface area contributed by atoms with Gasteiger partial charge in [-0.3, -0.25) is 9.44 Å². The van der Waals surface area contributed by atoms with Crippen LogP contribution >= 0.6 is 0 Å². The number of carbonyl (C=O) groups excluding carboxylic acids is 2. The van der Waals surface area contributed by atoms with E-state index in [0.717, 1.165) is 31.6 Å². The molecule has 33 heavy (non-hydrogen) atoms. The summed E-state index contributed by atoms with van der Waals surface area (Å²) in [7, 11) is 0. The second kappa shape index (κ2) is 19.1. The number of amides is 1. The monoisotopic (exact) mass is 465 g/mol. The molecule has 0 aromatic rings. The maximum Gasteiger partial charge on any atom is 0.338 e. The highest BCUT2D eigenvalue weighted by Gasteiger charge is 2.27. The second-order valence-electron chi connectivity index (χ2n) is 10.3. The van der Waals surface area contributed by atoms with Crippen molar-refractivity contribution in [2.24, 2.45) is 5.92 Å². The fourth-order valence-electron chi connectivity index (χ4n) is 4.42. The lowest BCUT2D eigenvalue weighted by Gasteiger charge is -2.35. The molecule has 0 aliphatic carbocycles. The Morgan fingerprint density at radius 3 is 1.88 bits per heavy atom. The zero-order valence-electron chi connectivity index (χ0n) is 21.7. The Hall–Kier alpha value is -1.20. The summed E-state index contributed by atoms with van der Waals surface area (Å²) in [5, 5.41) is 12.1. The molecule has 0 aromatic carbocycles. The van der Waals surface area contributed by atoms with E-state index < -0.39 is 4.65 Å².